The first kappa shape index (κ1) is 15.8. The maximum atomic E-state index is 11.6. The zero-order valence-corrected chi connectivity index (χ0v) is 14.0. The lowest BCUT2D eigenvalue weighted by Crippen LogP contribution is -2.37. The van der Waals surface area contributed by atoms with Crippen LogP contribution >= 0.6 is 11.3 Å². The molecule has 23 heavy (non-hydrogen) atoms. The molecule has 5 heteroatoms. The zero-order valence-electron chi connectivity index (χ0n) is 13.2. The summed E-state index contributed by atoms with van der Waals surface area (Å²) < 4.78 is 4.79. The molecule has 2 aromatic heterocycles. The Hall–Kier alpha value is -2.11. The molecule has 0 spiro atoms. The van der Waals surface area contributed by atoms with Gasteiger partial charge in [-0.25, -0.2) is 0 Å². The van der Waals surface area contributed by atoms with Crippen LogP contribution in [0.4, 0.5) is 0 Å². The largest absolute Gasteiger partial charge is 0.468 e. The number of benzene rings is 1. The molecule has 3 rings (SSSR count). The molecule has 2 heterocycles. The lowest BCUT2D eigenvalue weighted by Gasteiger charge is -2.19. The van der Waals surface area contributed by atoms with Crippen molar-refractivity contribution in [3.8, 4) is 0 Å². The number of rotatable bonds is 6. The van der Waals surface area contributed by atoms with Gasteiger partial charge in [-0.3, -0.25) is 4.79 Å². The topological polar surface area (TPSA) is 54.1 Å². The van der Waals surface area contributed by atoms with E-state index in [2.05, 4.69) is 52.2 Å². The molecule has 3 aromatic rings. The van der Waals surface area contributed by atoms with Gasteiger partial charge in [-0.05, 0) is 30.0 Å². The molecule has 2 N–H and O–H groups in total. The van der Waals surface area contributed by atoms with E-state index in [4.69, 9.17) is 4.74 Å². The molecule has 120 valence electrons. The summed E-state index contributed by atoms with van der Waals surface area (Å²) in [6, 6.07) is 12.2. The molecule has 0 amide bonds. The van der Waals surface area contributed by atoms with Crippen molar-refractivity contribution in [3.63, 3.8) is 0 Å². The smallest absolute Gasteiger partial charge is 0.322 e. The lowest BCUT2D eigenvalue weighted by molar-refractivity contribution is -0.142. The van der Waals surface area contributed by atoms with Gasteiger partial charge in [-0.15, -0.1) is 11.3 Å². The molecule has 1 aromatic carbocycles. The van der Waals surface area contributed by atoms with Crippen molar-refractivity contribution in [2.24, 2.45) is 0 Å². The fraction of sp³-hybridized carbons (Fsp3) is 0.278. The van der Waals surface area contributed by atoms with Crippen molar-refractivity contribution in [2.45, 2.75) is 18.9 Å². The number of esters is 1. The predicted octanol–water partition coefficient (Wildman–Crippen LogP) is 3.51. The van der Waals surface area contributed by atoms with Crippen LogP contribution in [0.5, 0.6) is 0 Å². The summed E-state index contributed by atoms with van der Waals surface area (Å²) in [4.78, 5) is 16.2. The van der Waals surface area contributed by atoms with Gasteiger partial charge in [0, 0.05) is 34.4 Å². The van der Waals surface area contributed by atoms with Gasteiger partial charge in [0.1, 0.15) is 6.04 Å². The van der Waals surface area contributed by atoms with Gasteiger partial charge >= 0.3 is 5.97 Å². The Morgan fingerprint density at radius 3 is 2.87 bits per heavy atom. The number of aromatic nitrogens is 1. The molecule has 0 aliphatic rings. The molecule has 0 saturated heterocycles. The number of ether oxygens (including phenoxy) is 1. The first-order chi connectivity index (χ1) is 11.2. The van der Waals surface area contributed by atoms with E-state index in [0.717, 1.165) is 5.52 Å². The molecular weight excluding hydrogens is 308 g/mol. The molecule has 2 atom stereocenters. The summed E-state index contributed by atoms with van der Waals surface area (Å²) in [5.74, 6) is -0.0490. The molecular formula is C18H20N2O2S. The summed E-state index contributed by atoms with van der Waals surface area (Å²) in [6.07, 6.45) is 2.07. The second-order valence-electron chi connectivity index (χ2n) is 5.51. The van der Waals surface area contributed by atoms with Crippen LogP contribution in [0, 0.1) is 0 Å². The molecule has 0 bridgehead atoms. The number of thiophene rings is 1. The number of fused-ring (bicyclic) bond motifs is 1. The highest BCUT2D eigenvalue weighted by Gasteiger charge is 2.21. The van der Waals surface area contributed by atoms with Crippen molar-refractivity contribution in [1.82, 2.24) is 10.3 Å². The Balaban J connectivity index is 1.89. The fourth-order valence-corrected chi connectivity index (χ4v) is 3.64. The number of nitrogens with one attached hydrogen (secondary N) is 2. The minimum atomic E-state index is -0.326. The van der Waals surface area contributed by atoms with Crippen molar-refractivity contribution in [3.05, 3.63) is 58.4 Å². The number of carbonyl (C=O) groups is 1. The zero-order chi connectivity index (χ0) is 16.2. The maximum absolute atomic E-state index is 11.6. The summed E-state index contributed by atoms with van der Waals surface area (Å²) >= 11 is 1.73. The van der Waals surface area contributed by atoms with E-state index >= 15 is 0 Å². The number of methoxy groups -OCH3 is 1. The monoisotopic (exact) mass is 328 g/mol. The second-order valence-corrected chi connectivity index (χ2v) is 6.49. The van der Waals surface area contributed by atoms with E-state index in [1.807, 2.05) is 13.0 Å². The van der Waals surface area contributed by atoms with E-state index in [9.17, 15) is 4.79 Å². The van der Waals surface area contributed by atoms with Crippen LogP contribution in [0.15, 0.2) is 48.0 Å². The average molecular weight is 328 g/mol. The summed E-state index contributed by atoms with van der Waals surface area (Å²) in [5, 5.41) is 6.60. The number of H-pyrrole nitrogens is 1. The van der Waals surface area contributed by atoms with Crippen LogP contribution in [0.25, 0.3) is 10.9 Å². The van der Waals surface area contributed by atoms with Crippen LogP contribution in [0.3, 0.4) is 0 Å². The predicted molar refractivity (Wildman–Crippen MR) is 93.9 cm³/mol. The number of hydrogen-bond acceptors (Lipinski definition) is 4. The first-order valence-corrected chi connectivity index (χ1v) is 8.49. The molecule has 0 saturated carbocycles. The Labute approximate surface area is 139 Å². The molecule has 4 nitrogen and oxygen atoms in total. The number of para-hydroxylation sites is 1. The van der Waals surface area contributed by atoms with Crippen LogP contribution in [0.1, 0.15) is 23.3 Å². The Morgan fingerprint density at radius 1 is 1.30 bits per heavy atom. The SMILES string of the molecule is COC(=O)[C@H](C)NC[C@H](c1cccs1)c1c[nH]c2ccccc12. The van der Waals surface area contributed by atoms with Gasteiger partial charge in [0.05, 0.1) is 7.11 Å². The Kier molecular flexibility index (Phi) is 4.79. The third-order valence-corrected chi connectivity index (χ3v) is 5.05. The van der Waals surface area contributed by atoms with E-state index in [1.165, 1.54) is 22.9 Å². The van der Waals surface area contributed by atoms with Gasteiger partial charge in [0.15, 0.2) is 0 Å². The Bertz CT molecular complexity index is 779. The highest BCUT2D eigenvalue weighted by atomic mass is 32.1. The summed E-state index contributed by atoms with van der Waals surface area (Å²) in [5.41, 5.74) is 2.37. The van der Waals surface area contributed by atoms with Gasteiger partial charge in [-0.2, -0.15) is 0 Å². The molecule has 0 aliphatic heterocycles. The Morgan fingerprint density at radius 2 is 2.13 bits per heavy atom. The summed E-state index contributed by atoms with van der Waals surface area (Å²) in [7, 11) is 1.41. The van der Waals surface area contributed by atoms with E-state index < -0.39 is 0 Å². The van der Waals surface area contributed by atoms with Gasteiger partial charge in [0.2, 0.25) is 0 Å². The normalized spacial score (nSPS) is 13.8. The van der Waals surface area contributed by atoms with E-state index in [0.29, 0.717) is 6.54 Å². The van der Waals surface area contributed by atoms with Crippen LogP contribution in [-0.2, 0) is 9.53 Å². The van der Waals surface area contributed by atoms with Crippen LogP contribution in [0.2, 0.25) is 0 Å². The van der Waals surface area contributed by atoms with Gasteiger partial charge < -0.3 is 15.0 Å². The third kappa shape index (κ3) is 3.30. The number of hydrogen-bond donors (Lipinski definition) is 2. The molecule has 0 aliphatic carbocycles. The molecule has 0 unspecified atom stereocenters. The van der Waals surface area contributed by atoms with Crippen LogP contribution in [-0.4, -0.2) is 30.6 Å². The van der Waals surface area contributed by atoms with Crippen molar-refractivity contribution >= 4 is 28.2 Å². The molecule has 0 fully saturated rings. The summed E-state index contributed by atoms with van der Waals surface area (Å²) in [6.45, 7) is 2.51. The number of carbonyl (C=O) groups excluding carboxylic acids is 1. The van der Waals surface area contributed by atoms with Crippen LogP contribution < -0.4 is 5.32 Å². The maximum Gasteiger partial charge on any atom is 0.322 e. The second kappa shape index (κ2) is 6.98. The highest BCUT2D eigenvalue weighted by Crippen LogP contribution is 2.32. The van der Waals surface area contributed by atoms with Gasteiger partial charge in [-0.1, -0.05) is 24.3 Å². The van der Waals surface area contributed by atoms with Crippen molar-refractivity contribution in [1.29, 1.82) is 0 Å². The number of aromatic amines is 1. The third-order valence-electron chi connectivity index (χ3n) is 4.07. The van der Waals surface area contributed by atoms with Crippen molar-refractivity contribution < 1.29 is 9.53 Å². The van der Waals surface area contributed by atoms with E-state index in [-0.39, 0.29) is 17.9 Å². The highest BCUT2D eigenvalue weighted by molar-refractivity contribution is 7.10. The fourth-order valence-electron chi connectivity index (χ4n) is 2.79. The minimum Gasteiger partial charge on any atom is -0.468 e. The van der Waals surface area contributed by atoms with Gasteiger partial charge in [0.25, 0.3) is 0 Å². The lowest BCUT2D eigenvalue weighted by atomic mass is 9.96. The van der Waals surface area contributed by atoms with Crippen molar-refractivity contribution in [2.75, 3.05) is 13.7 Å². The quantitative estimate of drug-likeness (QED) is 0.681. The van der Waals surface area contributed by atoms with E-state index in [1.54, 1.807) is 11.3 Å². The first-order valence-electron chi connectivity index (χ1n) is 7.61. The molecule has 0 radical (unpaired) electrons. The average Bonchev–Trinajstić information content (AvgIpc) is 3.24. The minimum absolute atomic E-state index is 0.193. The standard InChI is InChI=1S/C18H20N2O2S/c1-12(18(21)22-2)19-11-15(17-8-5-9-23-17)14-10-20-16-7-4-3-6-13(14)16/h3-10,12,15,19-20H,11H2,1-2H3/t12-,15-/m0/s1.